The third kappa shape index (κ3) is 2.20. The van der Waals surface area contributed by atoms with Gasteiger partial charge in [0.15, 0.2) is 0 Å². The number of benzene rings is 1. The monoisotopic (exact) mass is 247 g/mol. The number of anilines is 1. The molecule has 2 aromatic rings. The molecule has 94 valence electrons. The van der Waals surface area contributed by atoms with E-state index in [4.69, 9.17) is 15.3 Å². The number of carbonyl (C=O) groups is 1. The van der Waals surface area contributed by atoms with E-state index in [1.54, 1.807) is 25.1 Å². The topological polar surface area (TPSA) is 93.5 Å². The number of fused-ring (bicyclic) bond motifs is 1. The lowest BCUT2D eigenvalue weighted by Gasteiger charge is -2.07. The summed E-state index contributed by atoms with van der Waals surface area (Å²) in [4.78, 5) is 22.3. The van der Waals surface area contributed by atoms with Gasteiger partial charge in [-0.25, -0.2) is 4.79 Å². The first-order chi connectivity index (χ1) is 8.49. The summed E-state index contributed by atoms with van der Waals surface area (Å²) in [6.45, 7) is 1.78. The number of aryl methyl sites for hydroxylation is 1. The van der Waals surface area contributed by atoms with Gasteiger partial charge in [0.2, 0.25) is 0 Å². The van der Waals surface area contributed by atoms with Gasteiger partial charge in [0, 0.05) is 29.1 Å². The van der Waals surface area contributed by atoms with Crippen LogP contribution >= 0.6 is 0 Å². The molecule has 0 bridgehead atoms. The predicted molar refractivity (Wildman–Crippen MR) is 67.6 cm³/mol. The smallest absolute Gasteiger partial charge is 0.339 e. The molecule has 0 aliphatic heterocycles. The van der Waals surface area contributed by atoms with Crippen LogP contribution in [0, 0.1) is 6.92 Å². The Morgan fingerprint density at radius 1 is 1.44 bits per heavy atom. The van der Waals surface area contributed by atoms with Gasteiger partial charge in [-0.2, -0.15) is 0 Å². The van der Waals surface area contributed by atoms with Crippen LogP contribution in [0.3, 0.4) is 0 Å². The van der Waals surface area contributed by atoms with Crippen molar-refractivity contribution in [2.45, 2.75) is 19.8 Å². The summed E-state index contributed by atoms with van der Waals surface area (Å²) < 4.78 is 5.16. The summed E-state index contributed by atoms with van der Waals surface area (Å²) in [5.74, 6) is -0.939. The summed E-state index contributed by atoms with van der Waals surface area (Å²) in [6.07, 6.45) is 0.0793. The van der Waals surface area contributed by atoms with Crippen LogP contribution in [0.4, 0.5) is 5.69 Å². The van der Waals surface area contributed by atoms with Crippen LogP contribution in [-0.2, 0) is 11.2 Å². The largest absolute Gasteiger partial charge is 0.481 e. The summed E-state index contributed by atoms with van der Waals surface area (Å²) in [7, 11) is 0. The average molecular weight is 247 g/mol. The van der Waals surface area contributed by atoms with Gasteiger partial charge in [0.05, 0.1) is 0 Å². The molecular weight excluding hydrogens is 234 g/mol. The number of nitrogens with two attached hydrogens (primary N) is 1. The Morgan fingerprint density at radius 3 is 2.83 bits per heavy atom. The van der Waals surface area contributed by atoms with Crippen molar-refractivity contribution in [3.05, 3.63) is 39.7 Å². The second kappa shape index (κ2) is 4.52. The number of aliphatic carboxylic acids is 1. The maximum absolute atomic E-state index is 11.8. The molecule has 18 heavy (non-hydrogen) atoms. The second-order valence-electron chi connectivity index (χ2n) is 4.14. The maximum Gasteiger partial charge on any atom is 0.339 e. The first kappa shape index (κ1) is 12.2. The van der Waals surface area contributed by atoms with Gasteiger partial charge in [-0.05, 0) is 31.0 Å². The predicted octanol–water partition coefficient (Wildman–Crippen LogP) is 1.70. The molecule has 1 heterocycles. The highest BCUT2D eigenvalue weighted by Gasteiger charge is 2.12. The van der Waals surface area contributed by atoms with Crippen molar-refractivity contribution < 1.29 is 14.3 Å². The number of carboxylic acid groups (broad SMARTS) is 1. The Hall–Kier alpha value is -2.30. The molecule has 2 rings (SSSR count). The number of hydrogen-bond acceptors (Lipinski definition) is 4. The van der Waals surface area contributed by atoms with Crippen molar-refractivity contribution >= 4 is 22.6 Å². The minimum Gasteiger partial charge on any atom is -0.481 e. The number of nitrogen functional groups attached to an aromatic ring is 1. The van der Waals surface area contributed by atoms with Gasteiger partial charge >= 0.3 is 11.6 Å². The molecule has 0 amide bonds. The summed E-state index contributed by atoms with van der Waals surface area (Å²) in [5.41, 5.74) is 7.24. The minimum absolute atomic E-state index is 0.0912. The lowest BCUT2D eigenvalue weighted by molar-refractivity contribution is -0.136. The van der Waals surface area contributed by atoms with Crippen molar-refractivity contribution in [2.75, 3.05) is 5.73 Å². The fraction of sp³-hybridized carbons (Fsp3) is 0.231. The van der Waals surface area contributed by atoms with Crippen molar-refractivity contribution in [3.8, 4) is 0 Å². The van der Waals surface area contributed by atoms with E-state index in [0.29, 0.717) is 16.8 Å². The molecule has 0 fully saturated rings. The molecule has 0 unspecified atom stereocenters. The van der Waals surface area contributed by atoms with Gasteiger partial charge < -0.3 is 15.3 Å². The summed E-state index contributed by atoms with van der Waals surface area (Å²) in [6, 6.07) is 5.08. The fourth-order valence-electron chi connectivity index (χ4n) is 1.93. The highest BCUT2D eigenvalue weighted by Crippen LogP contribution is 2.22. The molecule has 3 N–H and O–H groups in total. The van der Waals surface area contributed by atoms with E-state index < -0.39 is 11.6 Å². The lowest BCUT2D eigenvalue weighted by atomic mass is 10.0. The van der Waals surface area contributed by atoms with E-state index in [1.807, 2.05) is 0 Å². The Kier molecular flexibility index (Phi) is 3.06. The molecule has 1 aromatic heterocycles. The zero-order valence-corrected chi connectivity index (χ0v) is 9.90. The van der Waals surface area contributed by atoms with Crippen molar-refractivity contribution in [1.82, 2.24) is 0 Å². The average Bonchev–Trinajstić information content (AvgIpc) is 2.27. The molecule has 5 nitrogen and oxygen atoms in total. The van der Waals surface area contributed by atoms with Gasteiger partial charge in [-0.3, -0.25) is 4.79 Å². The van der Waals surface area contributed by atoms with Crippen molar-refractivity contribution in [1.29, 1.82) is 0 Å². The first-order valence-electron chi connectivity index (χ1n) is 5.52. The van der Waals surface area contributed by atoms with E-state index >= 15 is 0 Å². The van der Waals surface area contributed by atoms with E-state index in [2.05, 4.69) is 0 Å². The molecule has 0 atom stereocenters. The number of carboxylic acids is 1. The van der Waals surface area contributed by atoms with E-state index in [9.17, 15) is 9.59 Å². The Bertz CT molecular complexity index is 672. The third-order valence-electron chi connectivity index (χ3n) is 2.90. The van der Waals surface area contributed by atoms with Crippen LogP contribution in [0.15, 0.2) is 27.4 Å². The highest BCUT2D eigenvalue weighted by molar-refractivity contribution is 5.83. The third-order valence-corrected chi connectivity index (χ3v) is 2.90. The van der Waals surface area contributed by atoms with Gasteiger partial charge in [0.25, 0.3) is 0 Å². The van der Waals surface area contributed by atoms with Gasteiger partial charge in [-0.15, -0.1) is 0 Å². The minimum atomic E-state index is -0.939. The standard InChI is InChI=1S/C13H13NO4/c1-7-9-3-2-8(14)6-11(9)18-13(17)10(7)4-5-12(15)16/h2-3,6H,4-5,14H2,1H3,(H,15,16). The Labute approximate surface area is 103 Å². The molecule has 1 aromatic carbocycles. The zero-order chi connectivity index (χ0) is 13.3. The first-order valence-corrected chi connectivity index (χ1v) is 5.52. The normalized spacial score (nSPS) is 10.7. The van der Waals surface area contributed by atoms with Crippen LogP contribution < -0.4 is 11.4 Å². The van der Waals surface area contributed by atoms with Crippen LogP contribution in [0.1, 0.15) is 17.5 Å². The van der Waals surface area contributed by atoms with Crippen LogP contribution in [-0.4, -0.2) is 11.1 Å². The molecule has 0 spiro atoms. The van der Waals surface area contributed by atoms with E-state index in [1.165, 1.54) is 0 Å². The summed E-state index contributed by atoms with van der Waals surface area (Å²) >= 11 is 0. The maximum atomic E-state index is 11.8. The van der Waals surface area contributed by atoms with E-state index in [-0.39, 0.29) is 12.8 Å². The van der Waals surface area contributed by atoms with Crippen molar-refractivity contribution in [3.63, 3.8) is 0 Å². The van der Waals surface area contributed by atoms with E-state index in [0.717, 1.165) is 10.9 Å². The number of hydrogen-bond donors (Lipinski definition) is 2. The Balaban J connectivity index is 2.58. The lowest BCUT2D eigenvalue weighted by Crippen LogP contribution is -2.12. The molecule has 5 heteroatoms. The van der Waals surface area contributed by atoms with Gasteiger partial charge in [-0.1, -0.05) is 0 Å². The zero-order valence-electron chi connectivity index (χ0n) is 9.90. The highest BCUT2D eigenvalue weighted by atomic mass is 16.4. The molecule has 0 radical (unpaired) electrons. The molecule has 0 aliphatic carbocycles. The van der Waals surface area contributed by atoms with Gasteiger partial charge in [0.1, 0.15) is 5.58 Å². The Morgan fingerprint density at radius 2 is 2.17 bits per heavy atom. The van der Waals surface area contributed by atoms with Crippen molar-refractivity contribution in [2.24, 2.45) is 0 Å². The molecule has 0 aliphatic rings. The van der Waals surface area contributed by atoms with Crippen LogP contribution in [0.2, 0.25) is 0 Å². The molecule has 0 saturated carbocycles. The molecule has 0 saturated heterocycles. The van der Waals surface area contributed by atoms with Crippen LogP contribution in [0.25, 0.3) is 11.0 Å². The fourth-order valence-corrected chi connectivity index (χ4v) is 1.93. The second-order valence-corrected chi connectivity index (χ2v) is 4.14. The summed E-state index contributed by atoms with van der Waals surface area (Å²) in [5, 5.41) is 9.44. The van der Waals surface area contributed by atoms with Crippen LogP contribution in [0.5, 0.6) is 0 Å². The quantitative estimate of drug-likeness (QED) is 0.636. The molecular formula is C13H13NO4. The number of rotatable bonds is 3. The SMILES string of the molecule is Cc1c(CCC(=O)O)c(=O)oc2cc(N)ccc12.